The van der Waals surface area contributed by atoms with E-state index < -0.39 is 0 Å². The first-order chi connectivity index (χ1) is 10.0. The molecule has 0 aliphatic carbocycles. The Balaban J connectivity index is 2.72. The molecule has 0 spiro atoms. The van der Waals surface area contributed by atoms with Crippen molar-refractivity contribution < 1.29 is 0 Å². The molecule has 1 fully saturated rings. The van der Waals surface area contributed by atoms with Gasteiger partial charge in [0.1, 0.15) is 0 Å². The van der Waals surface area contributed by atoms with Crippen molar-refractivity contribution in [1.82, 2.24) is 15.4 Å². The van der Waals surface area contributed by atoms with E-state index >= 15 is 0 Å². The SMILES string of the molecule is CCCC(C)B1NB(C(C)CCC)NB(C(C)CCC)N1. The third kappa shape index (κ3) is 6.00. The Labute approximate surface area is 134 Å². The van der Waals surface area contributed by atoms with Crippen LogP contribution in [0, 0.1) is 0 Å². The van der Waals surface area contributed by atoms with Gasteiger partial charge in [0, 0.05) is 0 Å². The average molecular weight is 291 g/mol. The quantitative estimate of drug-likeness (QED) is 0.565. The van der Waals surface area contributed by atoms with Crippen LogP contribution >= 0.6 is 0 Å². The van der Waals surface area contributed by atoms with Crippen LogP contribution in [0.15, 0.2) is 0 Å². The fourth-order valence-corrected chi connectivity index (χ4v) is 3.58. The molecule has 0 saturated carbocycles. The number of nitrogens with one attached hydrogen (secondary N) is 3. The Kier molecular flexibility index (Phi) is 9.07. The lowest BCUT2D eigenvalue weighted by Crippen LogP contribution is -2.77. The molecule has 3 nitrogen and oxygen atoms in total. The summed E-state index contributed by atoms with van der Waals surface area (Å²) in [7, 11) is 0. The van der Waals surface area contributed by atoms with Gasteiger partial charge in [-0.2, -0.15) is 0 Å². The summed E-state index contributed by atoms with van der Waals surface area (Å²) in [5.74, 6) is 2.05. The van der Waals surface area contributed by atoms with Crippen molar-refractivity contribution in [3.8, 4) is 0 Å². The second-order valence-electron chi connectivity index (χ2n) is 7.23. The highest BCUT2D eigenvalue weighted by Gasteiger charge is 2.41. The maximum Gasteiger partial charge on any atom is 0.287 e. The summed E-state index contributed by atoms with van der Waals surface area (Å²) in [5, 5.41) is 11.5. The molecule has 6 heteroatoms. The predicted octanol–water partition coefficient (Wildman–Crippen LogP) is 3.80. The van der Waals surface area contributed by atoms with E-state index in [1.54, 1.807) is 0 Å². The zero-order chi connectivity index (χ0) is 15.8. The van der Waals surface area contributed by atoms with Crippen LogP contribution in [-0.2, 0) is 0 Å². The molecule has 3 N–H and O–H groups in total. The van der Waals surface area contributed by atoms with Gasteiger partial charge in [0.05, 0.1) is 0 Å². The first kappa shape index (κ1) is 19.1. The molecule has 21 heavy (non-hydrogen) atoms. The molecule has 1 aliphatic rings. The molecule has 0 aromatic carbocycles. The Morgan fingerprint density at radius 3 is 1.00 bits per heavy atom. The number of hydrogen-bond donors (Lipinski definition) is 3. The number of rotatable bonds is 9. The van der Waals surface area contributed by atoms with E-state index in [1.807, 2.05) is 0 Å². The fraction of sp³-hybridized carbons (Fsp3) is 1.00. The van der Waals surface area contributed by atoms with Crippen molar-refractivity contribution in [2.75, 3.05) is 0 Å². The highest BCUT2D eigenvalue weighted by Crippen LogP contribution is 2.23. The van der Waals surface area contributed by atoms with Crippen molar-refractivity contribution in [3.63, 3.8) is 0 Å². The van der Waals surface area contributed by atoms with E-state index in [9.17, 15) is 0 Å². The lowest BCUT2D eigenvalue weighted by atomic mass is 9.39. The lowest BCUT2D eigenvalue weighted by Gasteiger charge is -2.40. The summed E-state index contributed by atoms with van der Waals surface area (Å²) in [6.45, 7) is 15.3. The van der Waals surface area contributed by atoms with E-state index in [1.165, 1.54) is 38.5 Å². The van der Waals surface area contributed by atoms with Crippen LogP contribution in [-0.4, -0.2) is 20.9 Å². The van der Waals surface area contributed by atoms with Gasteiger partial charge in [-0.1, -0.05) is 80.1 Å². The summed E-state index contributed by atoms with van der Waals surface area (Å²) in [6, 6.07) is 0. The molecular formula is C15H36B3N3. The minimum absolute atomic E-state index is 0.444. The van der Waals surface area contributed by atoms with Gasteiger partial charge in [0.15, 0.2) is 0 Å². The molecule has 0 aromatic rings. The van der Waals surface area contributed by atoms with Crippen LogP contribution in [0.25, 0.3) is 0 Å². The maximum atomic E-state index is 3.83. The Morgan fingerprint density at radius 1 is 0.571 bits per heavy atom. The van der Waals surface area contributed by atoms with Gasteiger partial charge in [-0.05, 0) is 17.5 Å². The minimum Gasteiger partial charge on any atom is -0.371 e. The first-order valence-corrected chi connectivity index (χ1v) is 9.31. The fourth-order valence-electron chi connectivity index (χ4n) is 3.58. The Hall–Kier alpha value is 0.0748. The summed E-state index contributed by atoms with van der Waals surface area (Å²) in [6.07, 6.45) is 7.65. The molecular weight excluding hydrogens is 255 g/mol. The predicted molar refractivity (Wildman–Crippen MR) is 99.7 cm³/mol. The van der Waals surface area contributed by atoms with E-state index in [-0.39, 0.29) is 0 Å². The van der Waals surface area contributed by atoms with E-state index in [4.69, 9.17) is 0 Å². The smallest absolute Gasteiger partial charge is 0.287 e. The van der Waals surface area contributed by atoms with Crippen molar-refractivity contribution in [3.05, 3.63) is 0 Å². The topological polar surface area (TPSA) is 36.1 Å². The van der Waals surface area contributed by atoms with Crippen molar-refractivity contribution >= 4 is 20.9 Å². The average Bonchev–Trinajstić information content (AvgIpc) is 2.47. The highest BCUT2D eigenvalue weighted by molar-refractivity contribution is 6.88. The van der Waals surface area contributed by atoms with Crippen molar-refractivity contribution in [2.24, 2.45) is 0 Å². The van der Waals surface area contributed by atoms with Gasteiger partial charge in [-0.25, -0.2) is 0 Å². The molecule has 0 radical (unpaired) electrons. The monoisotopic (exact) mass is 291 g/mol. The third-order valence-electron chi connectivity index (χ3n) is 5.02. The largest absolute Gasteiger partial charge is 0.371 e. The molecule has 3 unspecified atom stereocenters. The summed E-state index contributed by atoms with van der Waals surface area (Å²) in [4.78, 5) is 0. The van der Waals surface area contributed by atoms with Crippen LogP contribution in [0.1, 0.15) is 80.1 Å². The second kappa shape index (κ2) is 9.96. The zero-order valence-electron chi connectivity index (χ0n) is 15.2. The molecule has 0 aromatic heterocycles. The highest BCUT2D eigenvalue weighted by atomic mass is 15.1. The van der Waals surface area contributed by atoms with Gasteiger partial charge in [0.25, 0.3) is 20.9 Å². The van der Waals surface area contributed by atoms with Crippen LogP contribution in [0.5, 0.6) is 0 Å². The van der Waals surface area contributed by atoms with Gasteiger partial charge in [-0.3, -0.25) is 0 Å². The van der Waals surface area contributed by atoms with Crippen molar-refractivity contribution in [1.29, 1.82) is 0 Å². The minimum atomic E-state index is 0.444. The molecule has 0 amide bonds. The summed E-state index contributed by atoms with van der Waals surface area (Å²) < 4.78 is 0. The van der Waals surface area contributed by atoms with Crippen LogP contribution in [0.4, 0.5) is 0 Å². The van der Waals surface area contributed by atoms with E-state index in [0.29, 0.717) is 38.4 Å². The van der Waals surface area contributed by atoms with Gasteiger partial charge in [-0.15, -0.1) is 0 Å². The molecule has 1 rings (SSSR count). The Morgan fingerprint density at radius 2 is 0.810 bits per heavy atom. The van der Waals surface area contributed by atoms with Crippen LogP contribution in [0.3, 0.4) is 0 Å². The Bertz CT molecular complexity index is 232. The standard InChI is InChI=1S/C15H36B3N3/c1-7-10-13(4)16-19-17(14(5)11-8-2)21-18(20-16)15(6)12-9-3/h13-15,19-21H,7-12H2,1-6H3. The van der Waals surface area contributed by atoms with Crippen LogP contribution < -0.4 is 15.4 Å². The molecule has 1 aliphatic heterocycles. The molecule has 1 saturated heterocycles. The normalized spacial score (nSPS) is 20.6. The van der Waals surface area contributed by atoms with E-state index in [2.05, 4.69) is 57.0 Å². The summed E-state index contributed by atoms with van der Waals surface area (Å²) in [5.41, 5.74) is 0. The second-order valence-corrected chi connectivity index (χ2v) is 7.23. The molecule has 120 valence electrons. The number of hydrogen-bond acceptors (Lipinski definition) is 3. The summed E-state index contributed by atoms with van der Waals surface area (Å²) >= 11 is 0. The first-order valence-electron chi connectivity index (χ1n) is 9.31. The van der Waals surface area contributed by atoms with Gasteiger partial charge < -0.3 is 15.4 Å². The lowest BCUT2D eigenvalue weighted by molar-refractivity contribution is 0.704. The third-order valence-corrected chi connectivity index (χ3v) is 5.02. The van der Waals surface area contributed by atoms with E-state index in [0.717, 1.165) is 0 Å². The maximum absolute atomic E-state index is 3.83. The van der Waals surface area contributed by atoms with Crippen LogP contribution in [0.2, 0.25) is 17.5 Å². The molecule has 0 bridgehead atoms. The van der Waals surface area contributed by atoms with Gasteiger partial charge in [0.2, 0.25) is 0 Å². The van der Waals surface area contributed by atoms with Crippen molar-refractivity contribution in [2.45, 2.75) is 97.5 Å². The molecule has 1 heterocycles. The van der Waals surface area contributed by atoms with Gasteiger partial charge >= 0.3 is 0 Å². The zero-order valence-corrected chi connectivity index (χ0v) is 15.2. The molecule has 3 atom stereocenters.